The molecule has 160 valence electrons. The first-order chi connectivity index (χ1) is 14.0. The van der Waals surface area contributed by atoms with Crippen molar-refractivity contribution in [1.82, 2.24) is 19.2 Å². The molecule has 0 spiro atoms. The van der Waals surface area contributed by atoms with Gasteiger partial charge in [0.2, 0.25) is 10.0 Å². The van der Waals surface area contributed by atoms with E-state index >= 15 is 0 Å². The number of benzene rings is 1. The number of thiophene rings is 1. The summed E-state index contributed by atoms with van der Waals surface area (Å²) < 4.78 is 27.8. The molecule has 0 fully saturated rings. The Bertz CT molecular complexity index is 1260. The van der Waals surface area contributed by atoms with Crippen LogP contribution in [0.15, 0.2) is 40.3 Å². The predicted molar refractivity (Wildman–Crippen MR) is 117 cm³/mol. The normalized spacial score (nSPS) is 12.1. The van der Waals surface area contributed by atoms with Gasteiger partial charge in [-0.1, -0.05) is 12.1 Å². The molecule has 3 aromatic rings. The summed E-state index contributed by atoms with van der Waals surface area (Å²) in [6, 6.07) is 6.28. The highest BCUT2D eigenvalue weighted by atomic mass is 32.2. The molecule has 0 saturated heterocycles. The molecule has 0 unspecified atom stereocenters. The zero-order valence-corrected chi connectivity index (χ0v) is 19.1. The molecule has 0 aliphatic carbocycles. The first-order valence-corrected chi connectivity index (χ1v) is 11.6. The number of sulfonamides is 1. The molecule has 2 aromatic heterocycles. The zero-order chi connectivity index (χ0) is 22.2. The van der Waals surface area contributed by atoms with Crippen molar-refractivity contribution in [2.24, 2.45) is 7.05 Å². The van der Waals surface area contributed by atoms with Gasteiger partial charge in [0.1, 0.15) is 4.83 Å². The SMILES string of the molecule is Cc1c(C(=O)NCc2ccc(S(=O)(=O)N(C)C(C)C)cc2)sc2ncn(C)c(=O)c12. The van der Waals surface area contributed by atoms with Crippen molar-refractivity contribution in [1.29, 1.82) is 0 Å². The predicted octanol–water partition coefficient (Wildman–Crippen LogP) is 2.26. The maximum Gasteiger partial charge on any atom is 0.262 e. The van der Waals surface area contributed by atoms with E-state index in [1.807, 2.05) is 13.8 Å². The molecule has 0 aliphatic rings. The van der Waals surface area contributed by atoms with E-state index in [0.29, 0.717) is 20.7 Å². The van der Waals surface area contributed by atoms with Crippen LogP contribution in [0.5, 0.6) is 0 Å². The van der Waals surface area contributed by atoms with Crippen LogP contribution in [-0.2, 0) is 23.6 Å². The molecule has 0 atom stereocenters. The highest BCUT2D eigenvalue weighted by molar-refractivity contribution is 7.89. The summed E-state index contributed by atoms with van der Waals surface area (Å²) in [5.74, 6) is -0.297. The summed E-state index contributed by atoms with van der Waals surface area (Å²) in [5, 5.41) is 3.28. The third kappa shape index (κ3) is 4.03. The van der Waals surface area contributed by atoms with Gasteiger partial charge in [0.05, 0.1) is 21.5 Å². The van der Waals surface area contributed by atoms with E-state index in [4.69, 9.17) is 0 Å². The molecule has 1 amide bonds. The molecule has 0 saturated carbocycles. The monoisotopic (exact) mass is 448 g/mol. The van der Waals surface area contributed by atoms with Crippen molar-refractivity contribution >= 4 is 37.5 Å². The summed E-state index contributed by atoms with van der Waals surface area (Å²) in [4.78, 5) is 30.4. The maximum atomic E-state index is 12.7. The van der Waals surface area contributed by atoms with Crippen LogP contribution < -0.4 is 10.9 Å². The van der Waals surface area contributed by atoms with Gasteiger partial charge in [0.25, 0.3) is 11.5 Å². The van der Waals surface area contributed by atoms with Crippen molar-refractivity contribution in [3.05, 3.63) is 57.0 Å². The van der Waals surface area contributed by atoms with Crippen molar-refractivity contribution in [2.45, 2.75) is 38.3 Å². The lowest BCUT2D eigenvalue weighted by Crippen LogP contribution is -2.33. The number of aromatic nitrogens is 2. The van der Waals surface area contributed by atoms with Gasteiger partial charge < -0.3 is 9.88 Å². The molecule has 0 bridgehead atoms. The van der Waals surface area contributed by atoms with Gasteiger partial charge in [-0.05, 0) is 44.0 Å². The number of hydrogen-bond acceptors (Lipinski definition) is 6. The molecule has 10 heteroatoms. The quantitative estimate of drug-likeness (QED) is 0.623. The Morgan fingerprint density at radius 2 is 1.90 bits per heavy atom. The van der Waals surface area contributed by atoms with Crippen LogP contribution in [0, 0.1) is 6.92 Å². The van der Waals surface area contributed by atoms with E-state index in [2.05, 4.69) is 10.3 Å². The fourth-order valence-electron chi connectivity index (χ4n) is 2.91. The number of rotatable bonds is 6. The first-order valence-electron chi connectivity index (χ1n) is 9.34. The molecule has 0 radical (unpaired) electrons. The minimum Gasteiger partial charge on any atom is -0.347 e. The maximum absolute atomic E-state index is 12.7. The number of amides is 1. The number of fused-ring (bicyclic) bond motifs is 1. The standard InChI is InChI=1S/C20H24N4O4S2/c1-12(2)24(5)30(27,28)15-8-6-14(7-9-15)10-21-18(25)17-13(3)16-19(29-17)22-11-23(4)20(16)26/h6-9,11-12H,10H2,1-5H3,(H,21,25). The van der Waals surface area contributed by atoms with Gasteiger partial charge in [-0.2, -0.15) is 4.31 Å². The second kappa shape index (κ2) is 8.29. The smallest absolute Gasteiger partial charge is 0.262 e. The van der Waals surface area contributed by atoms with Crippen LogP contribution in [-0.4, -0.2) is 41.3 Å². The molecule has 8 nitrogen and oxygen atoms in total. The van der Waals surface area contributed by atoms with Gasteiger partial charge in [-0.25, -0.2) is 13.4 Å². The van der Waals surface area contributed by atoms with E-state index < -0.39 is 10.0 Å². The summed E-state index contributed by atoms with van der Waals surface area (Å²) in [6.45, 7) is 5.59. The average Bonchev–Trinajstić information content (AvgIpc) is 3.05. The van der Waals surface area contributed by atoms with Crippen molar-refractivity contribution in [3.63, 3.8) is 0 Å². The second-order valence-corrected chi connectivity index (χ2v) is 10.3. The molecule has 1 aromatic carbocycles. The average molecular weight is 449 g/mol. The van der Waals surface area contributed by atoms with Gasteiger partial charge in [-0.15, -0.1) is 11.3 Å². The minimum atomic E-state index is -3.55. The Labute approximate surface area is 179 Å². The summed E-state index contributed by atoms with van der Waals surface area (Å²) >= 11 is 1.18. The third-order valence-electron chi connectivity index (χ3n) is 5.00. The lowest BCUT2D eigenvalue weighted by atomic mass is 10.2. The highest BCUT2D eigenvalue weighted by Gasteiger charge is 2.23. The summed E-state index contributed by atoms with van der Waals surface area (Å²) in [5.41, 5.74) is 1.19. The van der Waals surface area contributed by atoms with Gasteiger partial charge >= 0.3 is 0 Å². The van der Waals surface area contributed by atoms with Crippen LogP contribution in [0.2, 0.25) is 0 Å². The summed E-state index contributed by atoms with van der Waals surface area (Å²) in [7, 11) is -0.383. The third-order valence-corrected chi connectivity index (χ3v) is 8.24. The number of carbonyl (C=O) groups excluding carboxylic acids is 1. The number of carbonyl (C=O) groups is 1. The van der Waals surface area contributed by atoms with E-state index in [-0.39, 0.29) is 28.9 Å². The number of nitrogens with zero attached hydrogens (tertiary/aromatic N) is 3. The first kappa shape index (κ1) is 22.1. The number of aryl methyl sites for hydroxylation is 2. The molecule has 2 heterocycles. The molecule has 3 rings (SSSR count). The zero-order valence-electron chi connectivity index (χ0n) is 17.5. The Balaban J connectivity index is 1.76. The molecule has 0 aliphatic heterocycles. The van der Waals surface area contributed by atoms with Gasteiger partial charge in [0, 0.05) is 26.7 Å². The van der Waals surface area contributed by atoms with Crippen molar-refractivity contribution < 1.29 is 13.2 Å². The van der Waals surface area contributed by atoms with Gasteiger partial charge in [-0.3, -0.25) is 9.59 Å². The van der Waals surface area contributed by atoms with Crippen LogP contribution in [0.3, 0.4) is 0 Å². The molecule has 30 heavy (non-hydrogen) atoms. The van der Waals surface area contributed by atoms with Crippen LogP contribution in [0.1, 0.15) is 34.6 Å². The minimum absolute atomic E-state index is 0.148. The fourth-order valence-corrected chi connectivity index (χ4v) is 5.33. The lowest BCUT2D eigenvalue weighted by molar-refractivity contribution is 0.0954. The molecular weight excluding hydrogens is 424 g/mol. The number of hydrogen-bond donors (Lipinski definition) is 1. The van der Waals surface area contributed by atoms with Crippen molar-refractivity contribution in [3.8, 4) is 0 Å². The van der Waals surface area contributed by atoms with Crippen LogP contribution in [0.4, 0.5) is 0 Å². The van der Waals surface area contributed by atoms with Gasteiger partial charge in [0.15, 0.2) is 0 Å². The Hall–Kier alpha value is -2.56. The van der Waals surface area contributed by atoms with E-state index in [9.17, 15) is 18.0 Å². The molecule has 1 N–H and O–H groups in total. The van der Waals surface area contributed by atoms with Crippen LogP contribution >= 0.6 is 11.3 Å². The topological polar surface area (TPSA) is 101 Å². The lowest BCUT2D eigenvalue weighted by Gasteiger charge is -2.21. The van der Waals surface area contributed by atoms with E-state index in [0.717, 1.165) is 5.56 Å². The van der Waals surface area contributed by atoms with Crippen molar-refractivity contribution in [2.75, 3.05) is 7.05 Å². The largest absolute Gasteiger partial charge is 0.347 e. The summed E-state index contributed by atoms with van der Waals surface area (Å²) in [6.07, 6.45) is 1.44. The Morgan fingerprint density at radius 3 is 2.50 bits per heavy atom. The second-order valence-electron chi connectivity index (χ2n) is 7.34. The van der Waals surface area contributed by atoms with E-state index in [1.165, 1.54) is 38.7 Å². The molecular formula is C20H24N4O4S2. The van der Waals surface area contributed by atoms with Crippen LogP contribution in [0.25, 0.3) is 10.2 Å². The highest BCUT2D eigenvalue weighted by Crippen LogP contribution is 2.26. The Morgan fingerprint density at radius 1 is 1.27 bits per heavy atom. The fraction of sp³-hybridized carbons (Fsp3) is 0.350. The van der Waals surface area contributed by atoms with E-state index in [1.54, 1.807) is 33.2 Å². The number of nitrogens with one attached hydrogen (secondary N) is 1. The Kier molecular flexibility index (Phi) is 6.11.